The van der Waals surface area contributed by atoms with Crippen LogP contribution in [0.15, 0.2) is 78.6 Å². The Morgan fingerprint density at radius 1 is 0.968 bits per heavy atom. The highest BCUT2D eigenvalue weighted by Crippen LogP contribution is 2.43. The van der Waals surface area contributed by atoms with Crippen LogP contribution in [0.4, 0.5) is 5.69 Å². The molecule has 1 aliphatic rings. The van der Waals surface area contributed by atoms with Crippen molar-refractivity contribution in [1.29, 1.82) is 0 Å². The standard InChI is InChI=1S/C24H20N2O5/c1-30-18-11-10-16(13-19(18)31-2)21-20(22(27)15-7-4-3-5-8-15)23(28)24(29)26(21)17-9-6-12-25-14-17/h3-14,21,27H,1-2H3. The first-order valence-corrected chi connectivity index (χ1v) is 9.55. The van der Waals surface area contributed by atoms with Gasteiger partial charge in [-0.3, -0.25) is 19.5 Å². The molecule has 1 fully saturated rings. The number of carbonyl (C=O) groups is 2. The Morgan fingerprint density at radius 2 is 1.71 bits per heavy atom. The molecule has 0 aliphatic carbocycles. The van der Waals surface area contributed by atoms with Crippen LogP contribution in [-0.4, -0.2) is 36.0 Å². The Bertz CT molecular complexity index is 1160. The highest BCUT2D eigenvalue weighted by molar-refractivity contribution is 6.51. The minimum Gasteiger partial charge on any atom is -0.507 e. The third kappa shape index (κ3) is 3.50. The van der Waals surface area contributed by atoms with E-state index in [1.54, 1.807) is 66.9 Å². The summed E-state index contributed by atoms with van der Waals surface area (Å²) >= 11 is 0. The zero-order valence-electron chi connectivity index (χ0n) is 17.0. The van der Waals surface area contributed by atoms with E-state index in [9.17, 15) is 14.7 Å². The second kappa shape index (κ2) is 8.31. The molecule has 0 spiro atoms. The molecule has 7 heteroatoms. The number of nitrogens with zero attached hydrogens (tertiary/aromatic N) is 2. The second-order valence-corrected chi connectivity index (χ2v) is 6.86. The summed E-state index contributed by atoms with van der Waals surface area (Å²) in [5.74, 6) is -0.815. The first-order valence-electron chi connectivity index (χ1n) is 9.55. The van der Waals surface area contributed by atoms with Crippen molar-refractivity contribution in [3.63, 3.8) is 0 Å². The fourth-order valence-electron chi connectivity index (χ4n) is 3.68. The number of hydrogen-bond donors (Lipinski definition) is 1. The summed E-state index contributed by atoms with van der Waals surface area (Å²) in [5, 5.41) is 11.0. The average molecular weight is 416 g/mol. The molecule has 1 amide bonds. The van der Waals surface area contributed by atoms with Crippen LogP contribution >= 0.6 is 0 Å². The van der Waals surface area contributed by atoms with Crippen LogP contribution in [0.1, 0.15) is 17.2 Å². The summed E-state index contributed by atoms with van der Waals surface area (Å²) < 4.78 is 10.7. The third-order valence-electron chi connectivity index (χ3n) is 5.14. The smallest absolute Gasteiger partial charge is 0.300 e. The van der Waals surface area contributed by atoms with Crippen molar-refractivity contribution in [2.75, 3.05) is 19.1 Å². The van der Waals surface area contributed by atoms with E-state index in [1.807, 2.05) is 0 Å². The first kappa shape index (κ1) is 20.2. The van der Waals surface area contributed by atoms with Crippen LogP contribution in [0, 0.1) is 0 Å². The number of ether oxygens (including phenoxy) is 2. The molecular weight excluding hydrogens is 396 g/mol. The summed E-state index contributed by atoms with van der Waals surface area (Å²) in [7, 11) is 3.03. The quantitative estimate of drug-likeness (QED) is 0.387. The molecule has 4 rings (SSSR count). The lowest BCUT2D eigenvalue weighted by Crippen LogP contribution is -2.29. The average Bonchev–Trinajstić information content (AvgIpc) is 3.09. The normalized spacial score (nSPS) is 17.6. The number of anilines is 1. The molecule has 2 aromatic carbocycles. The van der Waals surface area contributed by atoms with Gasteiger partial charge in [-0.1, -0.05) is 36.4 Å². The van der Waals surface area contributed by atoms with Gasteiger partial charge in [0, 0.05) is 11.8 Å². The molecule has 156 valence electrons. The molecule has 1 aromatic heterocycles. The van der Waals surface area contributed by atoms with Crippen LogP contribution in [0.3, 0.4) is 0 Å². The van der Waals surface area contributed by atoms with Crippen LogP contribution in [0.2, 0.25) is 0 Å². The predicted octanol–water partition coefficient (Wildman–Crippen LogP) is 3.73. The highest BCUT2D eigenvalue weighted by atomic mass is 16.5. The monoisotopic (exact) mass is 416 g/mol. The summed E-state index contributed by atoms with van der Waals surface area (Å²) in [6, 6.07) is 16.3. The number of aliphatic hydroxyl groups is 1. The maximum Gasteiger partial charge on any atom is 0.300 e. The summed E-state index contributed by atoms with van der Waals surface area (Å²) in [4.78, 5) is 31.6. The van der Waals surface area contributed by atoms with Crippen molar-refractivity contribution in [3.05, 3.63) is 89.8 Å². The molecule has 1 unspecified atom stereocenters. The molecule has 1 aliphatic heterocycles. The van der Waals surface area contributed by atoms with E-state index in [0.717, 1.165) is 0 Å². The minimum absolute atomic E-state index is 0.00715. The van der Waals surface area contributed by atoms with E-state index >= 15 is 0 Å². The fraction of sp³-hybridized carbons (Fsp3) is 0.125. The molecular formula is C24H20N2O5. The van der Waals surface area contributed by atoms with Gasteiger partial charge in [-0.15, -0.1) is 0 Å². The lowest BCUT2D eigenvalue weighted by molar-refractivity contribution is -0.132. The van der Waals surface area contributed by atoms with Gasteiger partial charge in [0.2, 0.25) is 0 Å². The van der Waals surface area contributed by atoms with Crippen LogP contribution in [0.25, 0.3) is 5.76 Å². The molecule has 0 saturated carbocycles. The number of carbonyl (C=O) groups excluding carboxylic acids is 2. The zero-order valence-corrected chi connectivity index (χ0v) is 17.0. The number of amides is 1. The van der Waals surface area contributed by atoms with Gasteiger partial charge in [-0.2, -0.15) is 0 Å². The number of Topliss-reactive ketones (excluding diaryl/α,β-unsaturated/α-hetero) is 1. The van der Waals surface area contributed by atoms with Crippen molar-refractivity contribution in [3.8, 4) is 11.5 Å². The lowest BCUT2D eigenvalue weighted by Gasteiger charge is -2.25. The van der Waals surface area contributed by atoms with Crippen molar-refractivity contribution in [1.82, 2.24) is 4.98 Å². The molecule has 31 heavy (non-hydrogen) atoms. The van der Waals surface area contributed by atoms with E-state index in [0.29, 0.717) is 28.3 Å². The topological polar surface area (TPSA) is 89.0 Å². The van der Waals surface area contributed by atoms with Crippen molar-refractivity contribution < 1.29 is 24.2 Å². The number of ketones is 1. The Kier molecular flexibility index (Phi) is 5.41. The second-order valence-electron chi connectivity index (χ2n) is 6.86. The first-order chi connectivity index (χ1) is 15.1. The molecule has 0 bridgehead atoms. The van der Waals surface area contributed by atoms with E-state index < -0.39 is 17.7 Å². The summed E-state index contributed by atoms with van der Waals surface area (Å²) in [6.07, 6.45) is 3.08. The Morgan fingerprint density at radius 3 is 2.35 bits per heavy atom. The van der Waals surface area contributed by atoms with Crippen LogP contribution in [0.5, 0.6) is 11.5 Å². The van der Waals surface area contributed by atoms with Gasteiger partial charge in [-0.05, 0) is 29.8 Å². The maximum absolute atomic E-state index is 13.1. The van der Waals surface area contributed by atoms with E-state index in [1.165, 1.54) is 25.3 Å². The van der Waals surface area contributed by atoms with Crippen molar-refractivity contribution >= 4 is 23.1 Å². The minimum atomic E-state index is -0.871. The number of hydrogen-bond acceptors (Lipinski definition) is 6. The molecule has 1 saturated heterocycles. The van der Waals surface area contributed by atoms with Gasteiger partial charge < -0.3 is 14.6 Å². The van der Waals surface area contributed by atoms with Crippen LogP contribution in [-0.2, 0) is 9.59 Å². The number of rotatable bonds is 5. The SMILES string of the molecule is COc1ccc(C2C(=C(O)c3ccccc3)C(=O)C(=O)N2c2cccnc2)cc1OC. The number of pyridine rings is 1. The third-order valence-corrected chi connectivity index (χ3v) is 5.14. The van der Waals surface area contributed by atoms with Gasteiger partial charge >= 0.3 is 0 Å². The number of aromatic nitrogens is 1. The van der Waals surface area contributed by atoms with Crippen molar-refractivity contribution in [2.45, 2.75) is 6.04 Å². The number of benzene rings is 2. The summed E-state index contributed by atoms with van der Waals surface area (Å²) in [5.41, 5.74) is 1.46. The molecule has 3 aromatic rings. The number of aliphatic hydroxyl groups excluding tert-OH is 1. The van der Waals surface area contributed by atoms with Gasteiger partial charge in [0.1, 0.15) is 5.76 Å². The Hall–Kier alpha value is -4.13. The van der Waals surface area contributed by atoms with Gasteiger partial charge in [0.15, 0.2) is 11.5 Å². The zero-order chi connectivity index (χ0) is 22.0. The van der Waals surface area contributed by atoms with Crippen molar-refractivity contribution in [2.24, 2.45) is 0 Å². The summed E-state index contributed by atoms with van der Waals surface area (Å²) in [6.45, 7) is 0. The largest absolute Gasteiger partial charge is 0.507 e. The molecule has 1 atom stereocenters. The van der Waals surface area contributed by atoms with Gasteiger partial charge in [0.05, 0.1) is 37.7 Å². The fourth-order valence-corrected chi connectivity index (χ4v) is 3.68. The highest BCUT2D eigenvalue weighted by Gasteiger charge is 2.47. The molecule has 1 N–H and O–H groups in total. The lowest BCUT2D eigenvalue weighted by atomic mass is 9.95. The maximum atomic E-state index is 13.1. The number of methoxy groups -OCH3 is 2. The van der Waals surface area contributed by atoms with E-state index in [2.05, 4.69) is 4.98 Å². The molecule has 7 nitrogen and oxygen atoms in total. The van der Waals surface area contributed by atoms with Crippen LogP contribution < -0.4 is 14.4 Å². The van der Waals surface area contributed by atoms with Gasteiger partial charge in [-0.25, -0.2) is 0 Å². The van der Waals surface area contributed by atoms with E-state index in [4.69, 9.17) is 9.47 Å². The Labute approximate surface area is 179 Å². The predicted molar refractivity (Wildman–Crippen MR) is 115 cm³/mol. The molecule has 0 radical (unpaired) electrons. The van der Waals surface area contributed by atoms with Gasteiger partial charge in [0.25, 0.3) is 11.7 Å². The molecule has 2 heterocycles. The Balaban J connectivity index is 1.96. The van der Waals surface area contributed by atoms with E-state index in [-0.39, 0.29) is 11.3 Å².